The number of aliphatic hydroxyl groups excluding tert-OH is 2. The molecule has 1 radical (unpaired) electrons. The molecule has 31 heavy (non-hydrogen) atoms. The molecule has 0 saturated heterocycles. The van der Waals surface area contributed by atoms with Gasteiger partial charge in [-0.3, -0.25) is 0 Å². The van der Waals surface area contributed by atoms with E-state index in [0.717, 1.165) is 50.0 Å². The lowest BCUT2D eigenvalue weighted by Crippen LogP contribution is -2.22. The van der Waals surface area contributed by atoms with Crippen LogP contribution in [-0.2, 0) is 22.7 Å². The Bertz CT molecular complexity index is 740. The second-order valence-electron chi connectivity index (χ2n) is 7.30. The number of unbranched alkanes of at least 4 members (excludes halogenated alkanes) is 3. The highest BCUT2D eigenvalue weighted by Gasteiger charge is 2.07. The molecule has 7 heteroatoms. The number of rotatable bonds is 16. The van der Waals surface area contributed by atoms with Crippen LogP contribution < -0.4 is 5.32 Å². The fourth-order valence-corrected chi connectivity index (χ4v) is 3.57. The van der Waals surface area contributed by atoms with Crippen LogP contribution in [0.25, 0.3) is 0 Å². The summed E-state index contributed by atoms with van der Waals surface area (Å²) < 4.78 is 11.2. The molecule has 2 aromatic carbocycles. The van der Waals surface area contributed by atoms with E-state index in [2.05, 4.69) is 11.4 Å². The number of nitrogens with one attached hydrogen (secondary N) is 1. The molecule has 0 heterocycles. The van der Waals surface area contributed by atoms with Gasteiger partial charge in [0.1, 0.15) is 0 Å². The zero-order valence-corrected chi connectivity index (χ0v) is 19.3. The summed E-state index contributed by atoms with van der Waals surface area (Å²) in [5.74, 6) is 0. The van der Waals surface area contributed by atoms with E-state index in [-0.39, 0.29) is 6.61 Å². The molecule has 0 bridgehead atoms. The van der Waals surface area contributed by atoms with Crippen molar-refractivity contribution in [2.75, 3.05) is 32.9 Å². The van der Waals surface area contributed by atoms with Gasteiger partial charge in [-0.25, -0.2) is 0 Å². The molecule has 0 aliphatic rings. The van der Waals surface area contributed by atoms with Gasteiger partial charge in [-0.15, -0.1) is 0 Å². The molecular weight excluding hydrogens is 437 g/mol. The van der Waals surface area contributed by atoms with Gasteiger partial charge in [0.25, 0.3) is 0 Å². The van der Waals surface area contributed by atoms with Crippen LogP contribution in [-0.4, -0.2) is 43.1 Å². The average molecular weight is 469 g/mol. The lowest BCUT2D eigenvalue weighted by Gasteiger charge is -2.13. The molecular formula is C24H32Cl2NO4. The maximum Gasteiger partial charge on any atom is 0.0914 e. The van der Waals surface area contributed by atoms with Crippen LogP contribution >= 0.6 is 23.2 Å². The Morgan fingerprint density at radius 1 is 0.968 bits per heavy atom. The number of hydrogen-bond acceptors (Lipinski definition) is 5. The Balaban J connectivity index is 1.39. The number of aliphatic hydroxyl groups is 2. The van der Waals surface area contributed by atoms with Crippen LogP contribution in [0.1, 0.15) is 48.5 Å². The van der Waals surface area contributed by atoms with Crippen molar-refractivity contribution < 1.29 is 19.7 Å². The lowest BCUT2D eigenvalue weighted by atomic mass is 10.1. The summed E-state index contributed by atoms with van der Waals surface area (Å²) in [5, 5.41) is 23.9. The second-order valence-corrected chi connectivity index (χ2v) is 8.12. The molecule has 2 rings (SSSR count). The lowest BCUT2D eigenvalue weighted by molar-refractivity contribution is 0.0393. The molecule has 0 aliphatic carbocycles. The van der Waals surface area contributed by atoms with Gasteiger partial charge >= 0.3 is 0 Å². The van der Waals surface area contributed by atoms with Crippen LogP contribution in [0.3, 0.4) is 0 Å². The molecule has 1 atom stereocenters. The second kappa shape index (κ2) is 15.6. The van der Waals surface area contributed by atoms with Gasteiger partial charge in [-0.2, -0.15) is 0 Å². The predicted molar refractivity (Wildman–Crippen MR) is 124 cm³/mol. The number of benzene rings is 2. The summed E-state index contributed by atoms with van der Waals surface area (Å²) in [4.78, 5) is 0. The molecule has 0 saturated carbocycles. The van der Waals surface area contributed by atoms with Gasteiger partial charge in [0, 0.05) is 28.8 Å². The summed E-state index contributed by atoms with van der Waals surface area (Å²) in [6.07, 6.45) is 3.71. The molecule has 0 aromatic heterocycles. The van der Waals surface area contributed by atoms with E-state index in [9.17, 15) is 5.11 Å². The smallest absolute Gasteiger partial charge is 0.0914 e. The van der Waals surface area contributed by atoms with Gasteiger partial charge in [0.05, 0.1) is 32.5 Å². The normalized spacial score (nSPS) is 12.3. The summed E-state index contributed by atoms with van der Waals surface area (Å²) in [5.41, 5.74) is 2.30. The Hall–Kier alpha value is -1.18. The highest BCUT2D eigenvalue weighted by molar-refractivity contribution is 6.35. The molecule has 0 aliphatic heterocycles. The monoisotopic (exact) mass is 468 g/mol. The topological polar surface area (TPSA) is 71.0 Å². The first-order valence-corrected chi connectivity index (χ1v) is 11.5. The standard InChI is InChI=1S/C24H32Cl2NO4/c25-22-9-6-10-23(26)21(22)18-31-14-13-30-12-4-2-1-3-11-27-16-24(29)20-8-5-7-19(15-20)17-28/h5-6,8-10,15,24,27-29H,1-4,11-14,16-18H2/t24-/m0/s1. The molecule has 5 nitrogen and oxygen atoms in total. The van der Waals surface area contributed by atoms with E-state index in [0.29, 0.717) is 42.0 Å². The molecule has 171 valence electrons. The van der Waals surface area contributed by atoms with E-state index < -0.39 is 6.10 Å². The average Bonchev–Trinajstić information content (AvgIpc) is 2.78. The first kappa shape index (κ1) is 26.1. The third kappa shape index (κ3) is 10.3. The maximum absolute atomic E-state index is 10.2. The molecule has 2 aromatic rings. The van der Waals surface area contributed by atoms with Crippen LogP contribution in [0.15, 0.2) is 36.4 Å². The molecule has 0 unspecified atom stereocenters. The van der Waals surface area contributed by atoms with Crippen LogP contribution in [0, 0.1) is 6.07 Å². The molecule has 0 spiro atoms. The van der Waals surface area contributed by atoms with Crippen molar-refractivity contribution in [2.45, 2.75) is 45.0 Å². The summed E-state index contributed by atoms with van der Waals surface area (Å²) in [6.45, 7) is 3.46. The Labute approximate surface area is 195 Å². The highest BCUT2D eigenvalue weighted by atomic mass is 35.5. The largest absolute Gasteiger partial charge is 0.392 e. The zero-order valence-electron chi connectivity index (χ0n) is 17.8. The van der Waals surface area contributed by atoms with Gasteiger partial charge < -0.3 is 25.0 Å². The Morgan fingerprint density at radius 3 is 2.48 bits per heavy atom. The fourth-order valence-electron chi connectivity index (χ4n) is 3.06. The van der Waals surface area contributed by atoms with E-state index >= 15 is 0 Å². The van der Waals surface area contributed by atoms with Crippen LogP contribution in [0.2, 0.25) is 10.0 Å². The van der Waals surface area contributed by atoms with Crippen LogP contribution in [0.5, 0.6) is 0 Å². The van der Waals surface area contributed by atoms with E-state index in [1.165, 1.54) is 0 Å². The van der Waals surface area contributed by atoms with Crippen molar-refractivity contribution in [3.63, 3.8) is 0 Å². The van der Waals surface area contributed by atoms with Crippen molar-refractivity contribution >= 4 is 23.2 Å². The number of halogens is 2. The summed E-state index contributed by atoms with van der Waals surface area (Å²) in [6, 6.07) is 13.7. The Kier molecular flexibility index (Phi) is 13.1. The molecule has 0 fully saturated rings. The maximum atomic E-state index is 10.2. The van der Waals surface area contributed by atoms with E-state index in [1.807, 2.05) is 12.1 Å². The van der Waals surface area contributed by atoms with Gasteiger partial charge in [0.15, 0.2) is 0 Å². The quantitative estimate of drug-likeness (QED) is 0.311. The third-order valence-corrected chi connectivity index (χ3v) is 5.56. The fraction of sp³-hybridized carbons (Fsp3) is 0.500. The minimum absolute atomic E-state index is 0.0673. The van der Waals surface area contributed by atoms with Crippen molar-refractivity contribution in [1.82, 2.24) is 5.32 Å². The SMILES string of the molecule is OCc1[c]ccc([C@@H](O)CNCCCCCCOCCOCc2c(Cl)cccc2Cl)c1. The van der Waals surface area contributed by atoms with Gasteiger partial charge in [-0.1, -0.05) is 60.3 Å². The van der Waals surface area contributed by atoms with Crippen molar-refractivity contribution in [3.05, 3.63) is 69.2 Å². The zero-order chi connectivity index (χ0) is 22.3. The van der Waals surface area contributed by atoms with Crippen molar-refractivity contribution in [2.24, 2.45) is 0 Å². The first-order valence-electron chi connectivity index (χ1n) is 10.7. The summed E-state index contributed by atoms with van der Waals surface area (Å²) in [7, 11) is 0. The first-order chi connectivity index (χ1) is 15.1. The highest BCUT2D eigenvalue weighted by Crippen LogP contribution is 2.24. The minimum Gasteiger partial charge on any atom is -0.392 e. The van der Waals surface area contributed by atoms with Crippen LogP contribution in [0.4, 0.5) is 0 Å². The predicted octanol–water partition coefficient (Wildman–Crippen LogP) is 4.70. The van der Waals surface area contributed by atoms with E-state index in [1.54, 1.807) is 24.3 Å². The molecule has 0 amide bonds. The number of ether oxygens (including phenoxy) is 2. The van der Waals surface area contributed by atoms with Crippen molar-refractivity contribution in [3.8, 4) is 0 Å². The van der Waals surface area contributed by atoms with Gasteiger partial charge in [0.2, 0.25) is 0 Å². The van der Waals surface area contributed by atoms with Crippen molar-refractivity contribution in [1.29, 1.82) is 0 Å². The third-order valence-electron chi connectivity index (χ3n) is 4.85. The number of hydrogen-bond donors (Lipinski definition) is 3. The summed E-state index contributed by atoms with van der Waals surface area (Å²) >= 11 is 12.2. The molecule has 3 N–H and O–H groups in total. The Morgan fingerprint density at radius 2 is 1.71 bits per heavy atom. The minimum atomic E-state index is -0.579. The van der Waals surface area contributed by atoms with E-state index in [4.69, 9.17) is 37.8 Å². The van der Waals surface area contributed by atoms with Gasteiger partial charge in [-0.05, 0) is 48.7 Å².